The molecule has 2 aromatic rings. The van der Waals surface area contributed by atoms with Gasteiger partial charge in [0.1, 0.15) is 0 Å². The van der Waals surface area contributed by atoms with Crippen LogP contribution in [-0.4, -0.2) is 44.0 Å². The van der Waals surface area contributed by atoms with E-state index in [0.29, 0.717) is 5.76 Å². The van der Waals surface area contributed by atoms with E-state index < -0.39 is 0 Å². The lowest BCUT2D eigenvalue weighted by Crippen LogP contribution is -2.44. The molecule has 2 heterocycles. The molecule has 1 aliphatic rings. The first-order chi connectivity index (χ1) is 11.2. The van der Waals surface area contributed by atoms with Gasteiger partial charge < -0.3 is 19.5 Å². The van der Waals surface area contributed by atoms with Crippen molar-refractivity contribution in [2.45, 2.75) is 13.3 Å². The topological polar surface area (TPSA) is 48.7 Å². The summed E-state index contributed by atoms with van der Waals surface area (Å²) in [7, 11) is 2.15. The van der Waals surface area contributed by atoms with E-state index >= 15 is 0 Å². The third-order valence-corrected chi connectivity index (χ3v) is 4.34. The lowest BCUT2D eigenvalue weighted by atomic mass is 10.1. The Morgan fingerprint density at radius 2 is 2.00 bits per heavy atom. The lowest BCUT2D eigenvalue weighted by Gasteiger charge is -2.34. The maximum atomic E-state index is 12.2. The summed E-state index contributed by atoms with van der Waals surface area (Å²) >= 11 is 0. The van der Waals surface area contributed by atoms with Crippen LogP contribution in [0.1, 0.15) is 23.0 Å². The molecule has 0 radical (unpaired) electrons. The molecule has 1 aliphatic heterocycles. The minimum atomic E-state index is -0.208. The monoisotopic (exact) mass is 313 g/mol. The number of piperazine rings is 1. The average Bonchev–Trinajstić information content (AvgIpc) is 3.10. The molecule has 0 atom stereocenters. The van der Waals surface area contributed by atoms with Gasteiger partial charge in [0, 0.05) is 37.6 Å². The predicted octanol–water partition coefficient (Wildman–Crippen LogP) is 2.85. The van der Waals surface area contributed by atoms with Gasteiger partial charge in [0.25, 0.3) is 5.91 Å². The van der Waals surface area contributed by atoms with Gasteiger partial charge in [-0.25, -0.2) is 0 Å². The second-order valence-corrected chi connectivity index (χ2v) is 5.92. The number of anilines is 2. The number of amides is 1. The van der Waals surface area contributed by atoms with Crippen LogP contribution >= 0.6 is 0 Å². The molecule has 3 rings (SSSR count). The number of furan rings is 1. The molecule has 0 aliphatic carbocycles. The molecule has 1 saturated heterocycles. The zero-order valence-corrected chi connectivity index (χ0v) is 13.7. The second kappa shape index (κ2) is 6.87. The molecule has 0 spiro atoms. The molecule has 1 amide bonds. The first-order valence-electron chi connectivity index (χ1n) is 8.08. The number of carbonyl (C=O) groups excluding carboxylic acids is 1. The third-order valence-electron chi connectivity index (χ3n) is 4.34. The number of hydrogen-bond acceptors (Lipinski definition) is 4. The number of nitrogens with one attached hydrogen (secondary N) is 1. The molecule has 5 nitrogen and oxygen atoms in total. The quantitative estimate of drug-likeness (QED) is 0.943. The molecule has 122 valence electrons. The molecule has 1 N–H and O–H groups in total. The van der Waals surface area contributed by atoms with E-state index in [1.54, 1.807) is 12.1 Å². The average molecular weight is 313 g/mol. The highest BCUT2D eigenvalue weighted by Crippen LogP contribution is 2.25. The van der Waals surface area contributed by atoms with E-state index in [-0.39, 0.29) is 5.91 Å². The zero-order valence-electron chi connectivity index (χ0n) is 13.7. The van der Waals surface area contributed by atoms with Crippen molar-refractivity contribution in [3.05, 3.63) is 47.9 Å². The minimum absolute atomic E-state index is 0.208. The zero-order chi connectivity index (χ0) is 16.2. The molecule has 1 fully saturated rings. The first-order valence-corrected chi connectivity index (χ1v) is 8.08. The Morgan fingerprint density at radius 1 is 1.22 bits per heavy atom. The molecular formula is C18H23N3O2. The number of aryl methyl sites for hydroxylation is 1. The minimum Gasteiger partial charge on any atom is -0.459 e. The Bertz CT molecular complexity index is 659. The summed E-state index contributed by atoms with van der Waals surface area (Å²) in [5, 5.41) is 2.98. The van der Waals surface area contributed by atoms with Gasteiger partial charge in [0.05, 0.1) is 6.26 Å². The number of nitrogens with zero attached hydrogens (tertiary/aromatic N) is 2. The molecule has 23 heavy (non-hydrogen) atoms. The van der Waals surface area contributed by atoms with E-state index in [4.69, 9.17) is 4.42 Å². The van der Waals surface area contributed by atoms with Crippen molar-refractivity contribution in [3.8, 4) is 0 Å². The summed E-state index contributed by atoms with van der Waals surface area (Å²) in [6.45, 7) is 6.22. The maximum Gasteiger partial charge on any atom is 0.291 e. The van der Waals surface area contributed by atoms with Crippen LogP contribution in [0.2, 0.25) is 0 Å². The first kappa shape index (κ1) is 15.6. The van der Waals surface area contributed by atoms with Crippen LogP contribution in [0.3, 0.4) is 0 Å². The Kier molecular flexibility index (Phi) is 4.67. The van der Waals surface area contributed by atoms with Gasteiger partial charge >= 0.3 is 0 Å². The van der Waals surface area contributed by atoms with Crippen LogP contribution in [0.15, 0.2) is 41.0 Å². The fraction of sp³-hybridized carbons (Fsp3) is 0.389. The number of benzene rings is 1. The molecule has 1 aromatic heterocycles. The molecule has 1 aromatic carbocycles. The van der Waals surface area contributed by atoms with Gasteiger partial charge in [0.2, 0.25) is 0 Å². The van der Waals surface area contributed by atoms with Crippen LogP contribution in [0.25, 0.3) is 0 Å². The highest BCUT2D eigenvalue weighted by atomic mass is 16.3. The number of likely N-dealkylation sites (N-methyl/N-ethyl adjacent to an activating group) is 1. The molecule has 5 heteroatoms. The molecule has 0 bridgehead atoms. The van der Waals surface area contributed by atoms with Crippen molar-refractivity contribution >= 4 is 17.3 Å². The summed E-state index contributed by atoms with van der Waals surface area (Å²) in [5.41, 5.74) is 3.15. The van der Waals surface area contributed by atoms with Gasteiger partial charge in [-0.1, -0.05) is 13.0 Å². The van der Waals surface area contributed by atoms with E-state index in [0.717, 1.165) is 49.5 Å². The van der Waals surface area contributed by atoms with Crippen molar-refractivity contribution in [3.63, 3.8) is 0 Å². The normalized spacial score (nSPS) is 15.7. The highest BCUT2D eigenvalue weighted by molar-refractivity contribution is 6.02. The van der Waals surface area contributed by atoms with Gasteiger partial charge in [-0.2, -0.15) is 0 Å². The number of rotatable bonds is 4. The molecular weight excluding hydrogens is 290 g/mol. The second-order valence-electron chi connectivity index (χ2n) is 5.92. The Hall–Kier alpha value is -2.27. The van der Waals surface area contributed by atoms with Crippen molar-refractivity contribution in [1.29, 1.82) is 0 Å². The van der Waals surface area contributed by atoms with E-state index in [1.165, 1.54) is 6.26 Å². The van der Waals surface area contributed by atoms with E-state index in [9.17, 15) is 4.79 Å². The van der Waals surface area contributed by atoms with Gasteiger partial charge in [-0.15, -0.1) is 0 Å². The fourth-order valence-electron chi connectivity index (χ4n) is 2.84. The smallest absolute Gasteiger partial charge is 0.291 e. The Labute approximate surface area is 136 Å². The van der Waals surface area contributed by atoms with Crippen LogP contribution < -0.4 is 10.2 Å². The lowest BCUT2D eigenvalue weighted by molar-refractivity contribution is 0.0996. The summed E-state index contributed by atoms with van der Waals surface area (Å²) in [5.74, 6) is 0.122. The maximum absolute atomic E-state index is 12.2. The van der Waals surface area contributed by atoms with Crippen LogP contribution in [-0.2, 0) is 6.42 Å². The standard InChI is InChI=1S/C18H23N3O2/c1-3-14-6-7-15(21-10-8-20(2)9-11-21)13-16(14)19-18(22)17-5-4-12-23-17/h4-7,12-13H,3,8-11H2,1-2H3,(H,19,22). The largest absolute Gasteiger partial charge is 0.459 e. The van der Waals surface area contributed by atoms with Crippen molar-refractivity contribution in [1.82, 2.24) is 4.90 Å². The fourth-order valence-corrected chi connectivity index (χ4v) is 2.84. The van der Waals surface area contributed by atoms with Crippen molar-refractivity contribution < 1.29 is 9.21 Å². The summed E-state index contributed by atoms with van der Waals surface area (Å²) in [6.07, 6.45) is 2.38. The van der Waals surface area contributed by atoms with Gasteiger partial charge in [0.15, 0.2) is 5.76 Å². The summed E-state index contributed by atoms with van der Waals surface area (Å²) in [4.78, 5) is 16.9. The van der Waals surface area contributed by atoms with Crippen molar-refractivity contribution in [2.24, 2.45) is 0 Å². The van der Waals surface area contributed by atoms with Crippen LogP contribution in [0, 0.1) is 0 Å². The number of hydrogen-bond donors (Lipinski definition) is 1. The third kappa shape index (κ3) is 3.56. The van der Waals surface area contributed by atoms with Crippen LogP contribution in [0.4, 0.5) is 11.4 Å². The van der Waals surface area contributed by atoms with Crippen LogP contribution in [0.5, 0.6) is 0 Å². The predicted molar refractivity (Wildman–Crippen MR) is 92.2 cm³/mol. The summed E-state index contributed by atoms with van der Waals surface area (Å²) in [6, 6.07) is 9.71. The van der Waals surface area contributed by atoms with Gasteiger partial charge in [-0.3, -0.25) is 4.79 Å². The SMILES string of the molecule is CCc1ccc(N2CCN(C)CC2)cc1NC(=O)c1ccco1. The summed E-state index contributed by atoms with van der Waals surface area (Å²) < 4.78 is 5.17. The highest BCUT2D eigenvalue weighted by Gasteiger charge is 2.17. The molecule has 0 unspecified atom stereocenters. The Morgan fingerprint density at radius 3 is 2.65 bits per heavy atom. The molecule has 0 saturated carbocycles. The van der Waals surface area contributed by atoms with E-state index in [2.05, 4.69) is 47.3 Å². The van der Waals surface area contributed by atoms with Crippen molar-refractivity contribution in [2.75, 3.05) is 43.4 Å². The number of carbonyl (C=O) groups is 1. The van der Waals surface area contributed by atoms with Gasteiger partial charge in [-0.05, 0) is 43.3 Å². The van der Waals surface area contributed by atoms with E-state index in [1.807, 2.05) is 0 Å². The Balaban J connectivity index is 1.80.